The first-order valence-electron chi connectivity index (χ1n) is 11.4. The Kier molecular flexibility index (Phi) is 7.31. The van der Waals surface area contributed by atoms with E-state index in [4.69, 9.17) is 9.15 Å². The Hall–Kier alpha value is -3.52. The quantitative estimate of drug-likeness (QED) is 0.364. The first-order valence-corrected chi connectivity index (χ1v) is 13.2. The lowest BCUT2D eigenvalue weighted by atomic mass is 9.95. The first-order chi connectivity index (χ1) is 16.8. The fraction of sp³-hybridized carbons (Fsp3) is 0.259. The van der Waals surface area contributed by atoms with Gasteiger partial charge in [-0.1, -0.05) is 23.8 Å². The maximum Gasteiger partial charge on any atom is 0.318 e. The van der Waals surface area contributed by atoms with Crippen LogP contribution in [0.25, 0.3) is 22.6 Å². The van der Waals surface area contributed by atoms with E-state index in [-0.39, 0.29) is 17.4 Å². The number of benzene rings is 2. The van der Waals surface area contributed by atoms with Crippen molar-refractivity contribution in [2.24, 2.45) is 0 Å². The van der Waals surface area contributed by atoms with Crippen molar-refractivity contribution in [3.8, 4) is 22.6 Å². The Balaban J connectivity index is 1.82. The first kappa shape index (κ1) is 24.6. The number of carbonyl (C=O) groups is 1. The Bertz CT molecular complexity index is 1370. The van der Waals surface area contributed by atoms with E-state index >= 15 is 0 Å². The summed E-state index contributed by atoms with van der Waals surface area (Å²) >= 11 is 0. The lowest BCUT2D eigenvalue weighted by Gasteiger charge is -2.14. The summed E-state index contributed by atoms with van der Waals surface area (Å²) in [6.45, 7) is 1.96. The number of carbonyl (C=O) groups excluding carboxylic acids is 1. The number of oxazole rings is 1. The van der Waals surface area contributed by atoms with Gasteiger partial charge in [-0.2, -0.15) is 0 Å². The molecule has 1 atom stereocenters. The monoisotopic (exact) mass is 495 g/mol. The van der Waals surface area contributed by atoms with Gasteiger partial charge in [0.25, 0.3) is 0 Å². The molecule has 0 radical (unpaired) electrons. The number of hydrogen-bond donors (Lipinski definition) is 0. The van der Waals surface area contributed by atoms with E-state index in [0.717, 1.165) is 24.7 Å². The van der Waals surface area contributed by atoms with Gasteiger partial charge in [0.2, 0.25) is 5.89 Å². The molecule has 6 nitrogen and oxygen atoms in total. The Morgan fingerprint density at radius 3 is 2.37 bits per heavy atom. The summed E-state index contributed by atoms with van der Waals surface area (Å²) in [4.78, 5) is 17.8. The second-order valence-electron chi connectivity index (χ2n) is 8.30. The maximum atomic E-state index is 13.6. The largest absolute Gasteiger partial charge is 0.465 e. The van der Waals surface area contributed by atoms with Crippen molar-refractivity contribution in [1.82, 2.24) is 4.98 Å². The van der Waals surface area contributed by atoms with E-state index in [1.54, 1.807) is 31.2 Å². The van der Waals surface area contributed by atoms with E-state index in [2.05, 4.69) is 17.1 Å². The lowest BCUT2D eigenvalue weighted by molar-refractivity contribution is -0.145. The highest BCUT2D eigenvalue weighted by Gasteiger charge is 2.30. The SMILES string of the molecule is CCOC(=O)C(CC1=CCCC=C1)c1nc(-c2ccc(F)cc2)c(-c2ccc(S(C)(=O)=O)cc2)o1. The molecule has 0 aliphatic heterocycles. The van der Waals surface area contributed by atoms with Crippen LogP contribution >= 0.6 is 0 Å². The molecule has 35 heavy (non-hydrogen) atoms. The number of nitrogens with zero attached hydrogens (tertiary/aromatic N) is 1. The van der Waals surface area contributed by atoms with Gasteiger partial charge in [0.1, 0.15) is 17.4 Å². The highest BCUT2D eigenvalue weighted by molar-refractivity contribution is 7.90. The van der Waals surface area contributed by atoms with Crippen LogP contribution < -0.4 is 0 Å². The average molecular weight is 496 g/mol. The Morgan fingerprint density at radius 2 is 1.77 bits per heavy atom. The van der Waals surface area contributed by atoms with E-state index in [0.29, 0.717) is 29.0 Å². The second kappa shape index (κ2) is 10.4. The lowest BCUT2D eigenvalue weighted by Crippen LogP contribution is -2.17. The van der Waals surface area contributed by atoms with Crippen molar-refractivity contribution in [2.45, 2.75) is 37.0 Å². The van der Waals surface area contributed by atoms with Crippen LogP contribution in [0.3, 0.4) is 0 Å². The molecule has 1 aliphatic carbocycles. The normalized spacial score (nSPS) is 14.4. The number of hydrogen-bond acceptors (Lipinski definition) is 6. The van der Waals surface area contributed by atoms with Crippen molar-refractivity contribution in [2.75, 3.05) is 12.9 Å². The van der Waals surface area contributed by atoms with Crippen LogP contribution in [0, 0.1) is 5.82 Å². The third-order valence-corrected chi connectivity index (χ3v) is 6.82. The molecule has 4 rings (SSSR count). The Morgan fingerprint density at radius 1 is 1.09 bits per heavy atom. The van der Waals surface area contributed by atoms with Crippen molar-refractivity contribution in [1.29, 1.82) is 0 Å². The molecular formula is C27H26FNO5S. The number of allylic oxidation sites excluding steroid dienone is 4. The summed E-state index contributed by atoms with van der Waals surface area (Å²) in [7, 11) is -3.37. The molecule has 0 spiro atoms. The van der Waals surface area contributed by atoms with Gasteiger partial charge in [-0.25, -0.2) is 17.8 Å². The smallest absolute Gasteiger partial charge is 0.318 e. The predicted molar refractivity (Wildman–Crippen MR) is 131 cm³/mol. The van der Waals surface area contributed by atoms with Gasteiger partial charge >= 0.3 is 5.97 Å². The summed E-state index contributed by atoms with van der Waals surface area (Å²) in [6, 6.07) is 12.0. The molecule has 1 heterocycles. The number of halogens is 1. The minimum atomic E-state index is -3.37. The van der Waals surface area contributed by atoms with Crippen LogP contribution in [0.5, 0.6) is 0 Å². The molecule has 0 N–H and O–H groups in total. The molecule has 3 aromatic rings. The van der Waals surface area contributed by atoms with Gasteiger partial charge in [0.05, 0.1) is 11.5 Å². The number of rotatable bonds is 8. The summed E-state index contributed by atoms with van der Waals surface area (Å²) in [5.74, 6) is -1.07. The maximum absolute atomic E-state index is 13.6. The van der Waals surface area contributed by atoms with Crippen LogP contribution in [0.15, 0.2) is 81.6 Å². The third kappa shape index (κ3) is 5.77. The summed E-state index contributed by atoms with van der Waals surface area (Å²) < 4.78 is 48.9. The minimum absolute atomic E-state index is 0.171. The van der Waals surface area contributed by atoms with Gasteiger partial charge in [-0.15, -0.1) is 0 Å². The third-order valence-electron chi connectivity index (χ3n) is 5.69. The number of esters is 1. The standard InChI is InChI=1S/C27H26FNO5S/c1-3-33-27(30)23(17-18-7-5-4-6-8-18)26-29-24(19-9-13-21(28)14-10-19)25(34-26)20-11-15-22(16-12-20)35(2,31)32/h5,7-16,23H,3-4,6,17H2,1-2H3. The zero-order valence-corrected chi connectivity index (χ0v) is 20.3. The molecule has 2 aromatic carbocycles. The topological polar surface area (TPSA) is 86.5 Å². The van der Waals surface area contributed by atoms with Crippen molar-refractivity contribution < 1.29 is 26.8 Å². The zero-order chi connectivity index (χ0) is 25.0. The van der Waals surface area contributed by atoms with Crippen molar-refractivity contribution >= 4 is 15.8 Å². The molecule has 1 aromatic heterocycles. The van der Waals surface area contributed by atoms with Crippen LogP contribution in [-0.2, 0) is 19.4 Å². The molecule has 1 aliphatic rings. The van der Waals surface area contributed by atoms with Crippen LogP contribution in [-0.4, -0.2) is 32.2 Å². The molecule has 0 fully saturated rings. The summed E-state index contributed by atoms with van der Waals surface area (Å²) in [5.41, 5.74) is 2.60. The van der Waals surface area contributed by atoms with Crippen LogP contribution in [0.4, 0.5) is 4.39 Å². The highest BCUT2D eigenvalue weighted by Crippen LogP contribution is 2.37. The fourth-order valence-electron chi connectivity index (χ4n) is 3.91. The molecule has 0 saturated carbocycles. The number of sulfone groups is 1. The predicted octanol–water partition coefficient (Wildman–Crippen LogP) is 5.86. The zero-order valence-electron chi connectivity index (χ0n) is 19.5. The molecule has 8 heteroatoms. The van der Waals surface area contributed by atoms with Crippen LogP contribution in [0.2, 0.25) is 0 Å². The molecule has 182 valence electrons. The van der Waals surface area contributed by atoms with Crippen molar-refractivity contribution in [3.63, 3.8) is 0 Å². The van der Waals surface area contributed by atoms with E-state index in [1.165, 1.54) is 24.3 Å². The summed E-state index contributed by atoms with van der Waals surface area (Å²) in [5, 5.41) is 0. The molecule has 1 unspecified atom stereocenters. The minimum Gasteiger partial charge on any atom is -0.465 e. The molecular weight excluding hydrogens is 469 g/mol. The summed E-state index contributed by atoms with van der Waals surface area (Å²) in [6.07, 6.45) is 9.49. The fourth-order valence-corrected chi connectivity index (χ4v) is 4.54. The van der Waals surface area contributed by atoms with Gasteiger partial charge in [0, 0.05) is 17.4 Å². The van der Waals surface area contributed by atoms with E-state index in [9.17, 15) is 17.6 Å². The van der Waals surface area contributed by atoms with E-state index in [1.807, 2.05) is 6.08 Å². The van der Waals surface area contributed by atoms with Crippen molar-refractivity contribution in [3.05, 3.63) is 84.0 Å². The molecule has 0 amide bonds. The second-order valence-corrected chi connectivity index (χ2v) is 10.3. The van der Waals surface area contributed by atoms with Gasteiger partial charge in [-0.3, -0.25) is 4.79 Å². The molecule has 0 bridgehead atoms. The number of aromatic nitrogens is 1. The Labute approximate surface area is 204 Å². The highest BCUT2D eigenvalue weighted by atomic mass is 32.2. The van der Waals surface area contributed by atoms with Gasteiger partial charge < -0.3 is 9.15 Å². The number of ether oxygens (including phenoxy) is 1. The van der Waals surface area contributed by atoms with Crippen LogP contribution in [0.1, 0.15) is 38.0 Å². The molecule has 0 saturated heterocycles. The van der Waals surface area contributed by atoms with Gasteiger partial charge in [-0.05, 0) is 74.7 Å². The average Bonchev–Trinajstić information content (AvgIpc) is 3.28. The van der Waals surface area contributed by atoms with E-state index < -0.39 is 27.5 Å². The van der Waals surface area contributed by atoms with Gasteiger partial charge in [0.15, 0.2) is 15.6 Å².